The van der Waals surface area contributed by atoms with Gasteiger partial charge >= 0.3 is 0 Å². The van der Waals surface area contributed by atoms with Crippen molar-refractivity contribution >= 4 is 22.0 Å². The fourth-order valence-corrected chi connectivity index (χ4v) is 3.89. The number of hydrogen-bond acceptors (Lipinski definition) is 5. The first-order valence-electron chi connectivity index (χ1n) is 10.1. The zero-order chi connectivity index (χ0) is 19.6. The molecule has 29 heavy (non-hydrogen) atoms. The molecule has 5 nitrogen and oxygen atoms in total. The zero-order valence-electron chi connectivity index (χ0n) is 16.6. The van der Waals surface area contributed by atoms with Gasteiger partial charge in [-0.2, -0.15) is 0 Å². The van der Waals surface area contributed by atoms with Gasteiger partial charge in [0.2, 0.25) is 0 Å². The normalized spacial score (nSPS) is 17.7. The second-order valence-corrected chi connectivity index (χ2v) is 7.65. The molecule has 0 bridgehead atoms. The Labute approximate surface area is 171 Å². The zero-order valence-corrected chi connectivity index (χ0v) is 16.6. The van der Waals surface area contributed by atoms with Crippen molar-refractivity contribution in [1.82, 2.24) is 20.2 Å². The summed E-state index contributed by atoms with van der Waals surface area (Å²) >= 11 is 0. The largest absolute Gasteiger partial charge is 0.355 e. The number of hydrogen-bond donors (Lipinski definition) is 1. The Morgan fingerprint density at radius 1 is 0.862 bits per heavy atom. The third kappa shape index (κ3) is 3.69. The van der Waals surface area contributed by atoms with E-state index in [1.807, 2.05) is 12.4 Å². The molecule has 2 aromatic carbocycles. The molecule has 0 amide bonds. The number of pyridine rings is 1. The summed E-state index contributed by atoms with van der Waals surface area (Å²) in [6, 6.07) is 19.2. The van der Waals surface area contributed by atoms with Crippen LogP contribution >= 0.6 is 0 Å². The van der Waals surface area contributed by atoms with Gasteiger partial charge in [-0.15, -0.1) is 0 Å². The van der Waals surface area contributed by atoms with Crippen molar-refractivity contribution in [2.24, 2.45) is 0 Å². The highest BCUT2D eigenvalue weighted by Crippen LogP contribution is 2.28. The highest BCUT2D eigenvalue weighted by atomic mass is 15.6. The lowest BCUT2D eigenvalue weighted by molar-refractivity contribution is 0.178. The number of aromatic nitrogens is 1. The van der Waals surface area contributed by atoms with Crippen LogP contribution in [0.2, 0.25) is 0 Å². The average molecular weight is 383 g/mol. The van der Waals surface area contributed by atoms with E-state index in [2.05, 4.69) is 99.1 Å². The van der Waals surface area contributed by atoms with Gasteiger partial charge in [-0.05, 0) is 53.7 Å². The van der Waals surface area contributed by atoms with E-state index in [-0.39, 0.29) is 0 Å². The Balaban J connectivity index is 1.52. The van der Waals surface area contributed by atoms with Gasteiger partial charge in [0.1, 0.15) is 5.82 Å². The molecule has 1 N–H and O–H groups in total. The lowest BCUT2D eigenvalue weighted by Gasteiger charge is -2.39. The summed E-state index contributed by atoms with van der Waals surface area (Å²) in [5, 5.41) is 4.62. The number of benzene rings is 2. The third-order valence-electron chi connectivity index (χ3n) is 5.66. The second kappa shape index (κ2) is 7.60. The van der Waals surface area contributed by atoms with E-state index >= 15 is 0 Å². The molecule has 0 atom stereocenters. The van der Waals surface area contributed by atoms with Gasteiger partial charge in [-0.1, -0.05) is 30.3 Å². The Morgan fingerprint density at radius 3 is 2.41 bits per heavy atom. The molecule has 3 heterocycles. The van der Waals surface area contributed by atoms with Crippen molar-refractivity contribution in [3.05, 3.63) is 90.7 Å². The van der Waals surface area contributed by atoms with Gasteiger partial charge in [-0.3, -0.25) is 15.4 Å². The van der Waals surface area contributed by atoms with Gasteiger partial charge in [0.15, 0.2) is 0 Å². The molecule has 2 aliphatic heterocycles. The summed E-state index contributed by atoms with van der Waals surface area (Å²) in [5.74, 6) is 1.14. The number of fused-ring (bicyclic) bond motifs is 1. The quantitative estimate of drug-likeness (QED) is 0.746. The SMILES string of the molecule is CN1CCN(C2=CC(c3ccncc3)=CN(c3ccc4ccccc4c3)N2)CC1. The monoisotopic (exact) mass is 383 g/mol. The van der Waals surface area contributed by atoms with E-state index in [0.29, 0.717) is 0 Å². The Morgan fingerprint density at radius 2 is 1.62 bits per heavy atom. The summed E-state index contributed by atoms with van der Waals surface area (Å²) in [6.45, 7) is 4.18. The first-order chi connectivity index (χ1) is 14.3. The summed E-state index contributed by atoms with van der Waals surface area (Å²) in [7, 11) is 2.18. The number of likely N-dealkylation sites (N-methyl/N-ethyl adjacent to an activating group) is 1. The van der Waals surface area contributed by atoms with Crippen LogP contribution in [-0.2, 0) is 0 Å². The minimum Gasteiger partial charge on any atom is -0.355 e. The number of rotatable bonds is 3. The van der Waals surface area contributed by atoms with E-state index in [4.69, 9.17) is 0 Å². The third-order valence-corrected chi connectivity index (χ3v) is 5.66. The predicted molar refractivity (Wildman–Crippen MR) is 119 cm³/mol. The van der Waals surface area contributed by atoms with Crippen molar-refractivity contribution in [2.45, 2.75) is 0 Å². The molecular formula is C24H25N5. The van der Waals surface area contributed by atoms with Crippen molar-refractivity contribution in [2.75, 3.05) is 38.2 Å². The minimum atomic E-state index is 1.02. The number of allylic oxidation sites excluding steroid dienone is 2. The Hall–Kier alpha value is -3.31. The fourth-order valence-electron chi connectivity index (χ4n) is 3.89. The Kier molecular flexibility index (Phi) is 4.66. The molecule has 0 unspecified atom stereocenters. The van der Waals surface area contributed by atoms with Crippen molar-refractivity contribution in [1.29, 1.82) is 0 Å². The van der Waals surface area contributed by atoms with Crippen LogP contribution in [0.5, 0.6) is 0 Å². The van der Waals surface area contributed by atoms with Crippen molar-refractivity contribution < 1.29 is 0 Å². The van der Waals surface area contributed by atoms with Gasteiger partial charge in [0.05, 0.1) is 5.69 Å². The lowest BCUT2D eigenvalue weighted by atomic mass is 10.1. The molecule has 2 aliphatic rings. The molecule has 0 aliphatic carbocycles. The van der Waals surface area contributed by atoms with Crippen molar-refractivity contribution in [3.8, 4) is 0 Å². The number of nitrogens with one attached hydrogen (secondary N) is 1. The van der Waals surface area contributed by atoms with Gasteiger partial charge in [0, 0.05) is 50.3 Å². The predicted octanol–water partition coefficient (Wildman–Crippen LogP) is 3.69. The van der Waals surface area contributed by atoms with E-state index in [1.165, 1.54) is 21.9 Å². The number of hydrazine groups is 1. The first kappa shape index (κ1) is 17.8. The molecule has 0 radical (unpaired) electrons. The summed E-state index contributed by atoms with van der Waals surface area (Å²) in [5.41, 5.74) is 7.09. The van der Waals surface area contributed by atoms with Crippen LogP contribution in [-0.4, -0.2) is 48.0 Å². The van der Waals surface area contributed by atoms with Crippen LogP contribution in [0.25, 0.3) is 16.3 Å². The molecule has 1 aromatic heterocycles. The minimum absolute atomic E-state index is 1.02. The molecule has 146 valence electrons. The topological polar surface area (TPSA) is 34.6 Å². The average Bonchev–Trinajstić information content (AvgIpc) is 2.79. The van der Waals surface area contributed by atoms with Gasteiger partial charge < -0.3 is 9.80 Å². The highest BCUT2D eigenvalue weighted by Gasteiger charge is 2.21. The highest BCUT2D eigenvalue weighted by molar-refractivity contribution is 5.87. The van der Waals surface area contributed by atoms with E-state index in [0.717, 1.165) is 37.7 Å². The summed E-state index contributed by atoms with van der Waals surface area (Å²) in [6.07, 6.45) is 8.11. The first-order valence-corrected chi connectivity index (χ1v) is 10.1. The van der Waals surface area contributed by atoms with Crippen LogP contribution in [0.3, 0.4) is 0 Å². The van der Waals surface area contributed by atoms with Gasteiger partial charge in [0.25, 0.3) is 0 Å². The number of anilines is 1. The standard InChI is InChI=1S/C24H25N5/c1-27-12-14-28(15-13-27)24-17-22(20-8-10-25-11-9-20)18-29(26-24)23-7-6-19-4-2-3-5-21(19)16-23/h2-11,16-18,26H,12-15H2,1H3. The maximum atomic E-state index is 4.18. The molecule has 5 rings (SSSR count). The molecule has 1 fully saturated rings. The second-order valence-electron chi connectivity index (χ2n) is 7.65. The van der Waals surface area contributed by atoms with Gasteiger partial charge in [-0.25, -0.2) is 0 Å². The van der Waals surface area contributed by atoms with Crippen LogP contribution in [0.4, 0.5) is 5.69 Å². The van der Waals surface area contributed by atoms with Crippen LogP contribution in [0.15, 0.2) is 85.1 Å². The van der Waals surface area contributed by atoms with Crippen LogP contribution < -0.4 is 10.4 Å². The van der Waals surface area contributed by atoms with Crippen molar-refractivity contribution in [3.63, 3.8) is 0 Å². The van der Waals surface area contributed by atoms with E-state index < -0.39 is 0 Å². The molecule has 3 aromatic rings. The molecule has 1 saturated heterocycles. The maximum absolute atomic E-state index is 4.18. The molecular weight excluding hydrogens is 358 g/mol. The molecule has 0 saturated carbocycles. The maximum Gasteiger partial charge on any atom is 0.121 e. The fraction of sp³-hybridized carbons (Fsp3) is 0.208. The molecule has 5 heteroatoms. The number of nitrogens with zero attached hydrogens (tertiary/aromatic N) is 4. The lowest BCUT2D eigenvalue weighted by Crippen LogP contribution is -2.49. The Bertz CT molecular complexity index is 1060. The number of piperazine rings is 1. The summed E-state index contributed by atoms with van der Waals surface area (Å²) < 4.78 is 0. The van der Waals surface area contributed by atoms with Crippen LogP contribution in [0, 0.1) is 0 Å². The van der Waals surface area contributed by atoms with E-state index in [1.54, 1.807) is 0 Å². The summed E-state index contributed by atoms with van der Waals surface area (Å²) in [4.78, 5) is 8.98. The smallest absolute Gasteiger partial charge is 0.121 e. The van der Waals surface area contributed by atoms with Crippen LogP contribution in [0.1, 0.15) is 5.56 Å². The molecule has 0 spiro atoms. The van der Waals surface area contributed by atoms with E-state index in [9.17, 15) is 0 Å².